The molecular weight excluding hydrogens is 170 g/mol. The van der Waals surface area contributed by atoms with Crippen LogP contribution in [0.2, 0.25) is 0 Å². The van der Waals surface area contributed by atoms with Gasteiger partial charge in [-0.1, -0.05) is 0 Å². The van der Waals surface area contributed by atoms with Crippen LogP contribution in [0.5, 0.6) is 0 Å². The van der Waals surface area contributed by atoms with Gasteiger partial charge in [0.2, 0.25) is 5.91 Å². The van der Waals surface area contributed by atoms with Crippen molar-refractivity contribution in [2.24, 2.45) is 11.5 Å². The van der Waals surface area contributed by atoms with Gasteiger partial charge >= 0.3 is 0 Å². The van der Waals surface area contributed by atoms with Crippen molar-refractivity contribution < 1.29 is 4.79 Å². The fourth-order valence-corrected chi connectivity index (χ4v) is 0.842. The number of rotatable bonds is 4. The summed E-state index contributed by atoms with van der Waals surface area (Å²) in [5.41, 5.74) is 11.2. The summed E-state index contributed by atoms with van der Waals surface area (Å²) in [5.74, 6) is 0.0532. The van der Waals surface area contributed by atoms with Gasteiger partial charge in [-0.2, -0.15) is 5.10 Å². The zero-order valence-electron chi connectivity index (χ0n) is 7.03. The van der Waals surface area contributed by atoms with Crippen molar-refractivity contribution in [1.29, 1.82) is 0 Å². The van der Waals surface area contributed by atoms with Crippen LogP contribution in [-0.4, -0.2) is 22.6 Å². The maximum atomic E-state index is 10.5. The van der Waals surface area contributed by atoms with Crippen LogP contribution >= 0.6 is 0 Å². The summed E-state index contributed by atoms with van der Waals surface area (Å²) < 4.78 is 0. The molecular formula is C7H11N5O. The van der Waals surface area contributed by atoms with E-state index in [-0.39, 0.29) is 6.54 Å². The van der Waals surface area contributed by atoms with Crippen molar-refractivity contribution in [2.75, 3.05) is 11.9 Å². The number of primary amides is 1. The third kappa shape index (κ3) is 2.68. The Kier molecular flexibility index (Phi) is 3.15. The maximum Gasteiger partial charge on any atom is 0.236 e. The van der Waals surface area contributed by atoms with Crippen LogP contribution in [-0.2, 0) is 11.3 Å². The van der Waals surface area contributed by atoms with Crippen LogP contribution in [0.1, 0.15) is 5.56 Å². The first kappa shape index (κ1) is 9.40. The van der Waals surface area contributed by atoms with E-state index in [0.29, 0.717) is 12.4 Å². The van der Waals surface area contributed by atoms with Gasteiger partial charge in [-0.15, -0.1) is 5.10 Å². The van der Waals surface area contributed by atoms with Gasteiger partial charge in [-0.25, -0.2) is 0 Å². The molecule has 0 saturated carbocycles. The number of nitrogens with one attached hydrogen (secondary N) is 1. The molecule has 0 spiro atoms. The Labute approximate surface area is 75.3 Å². The highest BCUT2D eigenvalue weighted by Crippen LogP contribution is 2.07. The molecule has 0 unspecified atom stereocenters. The standard InChI is InChI=1S/C7H11N5O/c8-3-5-1-2-11-12-7(5)10-4-6(9)13/h1-2H,3-4,8H2,(H2,9,13)(H,10,12). The summed E-state index contributed by atoms with van der Waals surface area (Å²) >= 11 is 0. The monoisotopic (exact) mass is 181 g/mol. The van der Waals surface area contributed by atoms with Crippen LogP contribution in [0.25, 0.3) is 0 Å². The summed E-state index contributed by atoms with van der Waals surface area (Å²) in [6, 6.07) is 1.73. The lowest BCUT2D eigenvalue weighted by Crippen LogP contribution is -2.23. The average Bonchev–Trinajstić information content (AvgIpc) is 2.15. The SMILES string of the molecule is NCc1ccnnc1NCC(N)=O. The number of hydrogen-bond acceptors (Lipinski definition) is 5. The molecule has 6 heteroatoms. The molecule has 1 rings (SSSR count). The van der Waals surface area contributed by atoms with Gasteiger partial charge in [0.25, 0.3) is 0 Å². The molecule has 0 aliphatic rings. The van der Waals surface area contributed by atoms with Crippen molar-refractivity contribution in [2.45, 2.75) is 6.54 Å². The topological polar surface area (TPSA) is 107 Å². The summed E-state index contributed by atoms with van der Waals surface area (Å²) in [6.07, 6.45) is 1.54. The molecule has 0 fully saturated rings. The minimum atomic E-state index is -0.450. The molecule has 5 N–H and O–H groups in total. The van der Waals surface area contributed by atoms with Crippen LogP contribution in [0.3, 0.4) is 0 Å². The van der Waals surface area contributed by atoms with E-state index in [1.807, 2.05) is 0 Å². The van der Waals surface area contributed by atoms with Gasteiger partial charge in [0, 0.05) is 12.1 Å². The summed E-state index contributed by atoms with van der Waals surface area (Å²) in [6.45, 7) is 0.377. The Morgan fingerprint density at radius 2 is 2.38 bits per heavy atom. The van der Waals surface area contributed by atoms with E-state index >= 15 is 0 Å². The molecule has 1 amide bonds. The third-order valence-corrected chi connectivity index (χ3v) is 1.45. The second-order valence-electron chi connectivity index (χ2n) is 2.43. The Morgan fingerprint density at radius 1 is 1.62 bits per heavy atom. The predicted molar refractivity (Wildman–Crippen MR) is 47.6 cm³/mol. The van der Waals surface area contributed by atoms with E-state index in [0.717, 1.165) is 5.56 Å². The summed E-state index contributed by atoms with van der Waals surface area (Å²) in [5, 5.41) is 10.2. The van der Waals surface area contributed by atoms with Crippen LogP contribution in [0.4, 0.5) is 5.82 Å². The Morgan fingerprint density at radius 3 is 3.00 bits per heavy atom. The van der Waals surface area contributed by atoms with Crippen LogP contribution in [0, 0.1) is 0 Å². The number of hydrogen-bond donors (Lipinski definition) is 3. The molecule has 0 aliphatic heterocycles. The van der Waals surface area contributed by atoms with Crippen molar-refractivity contribution in [3.63, 3.8) is 0 Å². The zero-order valence-corrected chi connectivity index (χ0v) is 7.03. The predicted octanol–water partition coefficient (Wildman–Crippen LogP) is -1.17. The first-order chi connectivity index (χ1) is 6.24. The molecule has 70 valence electrons. The highest BCUT2D eigenvalue weighted by molar-refractivity contribution is 5.78. The fraction of sp³-hybridized carbons (Fsp3) is 0.286. The van der Waals surface area contributed by atoms with E-state index in [9.17, 15) is 4.79 Å². The molecule has 0 atom stereocenters. The average molecular weight is 181 g/mol. The van der Waals surface area contributed by atoms with Gasteiger partial charge in [-0.05, 0) is 6.07 Å². The van der Waals surface area contributed by atoms with Crippen molar-refractivity contribution in [1.82, 2.24) is 10.2 Å². The summed E-state index contributed by atoms with van der Waals surface area (Å²) in [7, 11) is 0. The Hall–Kier alpha value is -1.69. The smallest absolute Gasteiger partial charge is 0.236 e. The number of amides is 1. The normalized spacial score (nSPS) is 9.62. The quantitative estimate of drug-likeness (QED) is 0.542. The molecule has 6 nitrogen and oxygen atoms in total. The highest BCUT2D eigenvalue weighted by atomic mass is 16.1. The molecule has 0 saturated heterocycles. The lowest BCUT2D eigenvalue weighted by atomic mass is 10.3. The van der Waals surface area contributed by atoms with Gasteiger partial charge < -0.3 is 16.8 Å². The largest absolute Gasteiger partial charge is 0.368 e. The van der Waals surface area contributed by atoms with Gasteiger partial charge in [-0.3, -0.25) is 4.79 Å². The summed E-state index contributed by atoms with van der Waals surface area (Å²) in [4.78, 5) is 10.5. The minimum absolute atomic E-state index is 0.0334. The number of anilines is 1. The van der Waals surface area contributed by atoms with Crippen molar-refractivity contribution >= 4 is 11.7 Å². The van der Waals surface area contributed by atoms with E-state index < -0.39 is 5.91 Å². The molecule has 0 aliphatic carbocycles. The van der Waals surface area contributed by atoms with E-state index in [4.69, 9.17) is 11.5 Å². The zero-order chi connectivity index (χ0) is 9.68. The highest BCUT2D eigenvalue weighted by Gasteiger charge is 2.02. The lowest BCUT2D eigenvalue weighted by Gasteiger charge is -2.05. The van der Waals surface area contributed by atoms with Crippen molar-refractivity contribution in [3.8, 4) is 0 Å². The second-order valence-corrected chi connectivity index (χ2v) is 2.43. The van der Waals surface area contributed by atoms with Crippen LogP contribution in [0.15, 0.2) is 12.3 Å². The lowest BCUT2D eigenvalue weighted by molar-refractivity contribution is -0.116. The first-order valence-electron chi connectivity index (χ1n) is 3.77. The van der Waals surface area contributed by atoms with E-state index in [2.05, 4.69) is 15.5 Å². The molecule has 1 aromatic heterocycles. The number of carbonyl (C=O) groups is 1. The number of nitrogens with two attached hydrogens (primary N) is 2. The Bertz CT molecular complexity index is 301. The number of aromatic nitrogens is 2. The molecule has 0 bridgehead atoms. The first-order valence-corrected chi connectivity index (χ1v) is 3.77. The second kappa shape index (κ2) is 4.36. The number of nitrogens with zero attached hydrogens (tertiary/aromatic N) is 2. The third-order valence-electron chi connectivity index (χ3n) is 1.45. The minimum Gasteiger partial charge on any atom is -0.368 e. The Balaban J connectivity index is 2.69. The van der Waals surface area contributed by atoms with Gasteiger partial charge in [0.1, 0.15) is 0 Å². The van der Waals surface area contributed by atoms with E-state index in [1.54, 1.807) is 6.07 Å². The van der Waals surface area contributed by atoms with Gasteiger partial charge in [0.15, 0.2) is 5.82 Å². The molecule has 1 heterocycles. The number of carbonyl (C=O) groups excluding carboxylic acids is 1. The molecule has 0 aromatic carbocycles. The van der Waals surface area contributed by atoms with E-state index in [1.165, 1.54) is 6.20 Å². The fourth-order valence-electron chi connectivity index (χ4n) is 0.842. The maximum absolute atomic E-state index is 10.5. The van der Waals surface area contributed by atoms with Gasteiger partial charge in [0.05, 0.1) is 12.7 Å². The molecule has 1 aromatic rings. The van der Waals surface area contributed by atoms with Crippen LogP contribution < -0.4 is 16.8 Å². The van der Waals surface area contributed by atoms with Crippen molar-refractivity contribution in [3.05, 3.63) is 17.8 Å². The molecule has 13 heavy (non-hydrogen) atoms. The molecule has 0 radical (unpaired) electrons.